The average Bonchev–Trinajstić information content (AvgIpc) is 2.66. The van der Waals surface area contributed by atoms with Crippen LogP contribution < -0.4 is 10.1 Å². The zero-order valence-corrected chi connectivity index (χ0v) is 14.1. The molecule has 0 heterocycles. The van der Waals surface area contributed by atoms with Crippen molar-refractivity contribution in [3.8, 4) is 11.5 Å². The highest BCUT2D eigenvalue weighted by Gasteiger charge is 2.16. The number of nitrogens with one attached hydrogen (secondary N) is 1. The molecule has 8 heteroatoms. The fraction of sp³-hybridized carbons (Fsp3) is 0.167. The van der Waals surface area contributed by atoms with Gasteiger partial charge in [0.1, 0.15) is 17.1 Å². The lowest BCUT2D eigenvalue weighted by Gasteiger charge is -2.09. The number of ether oxygens (including phenoxy) is 3. The molecule has 0 aliphatic carbocycles. The average molecular weight is 359 g/mol. The van der Waals surface area contributed by atoms with Gasteiger partial charge in [-0.2, -0.15) is 0 Å². The van der Waals surface area contributed by atoms with Crippen LogP contribution in [0.2, 0.25) is 0 Å². The van der Waals surface area contributed by atoms with E-state index in [9.17, 15) is 19.5 Å². The Morgan fingerprint density at radius 2 is 1.69 bits per heavy atom. The zero-order chi connectivity index (χ0) is 19.1. The summed E-state index contributed by atoms with van der Waals surface area (Å²) in [5.41, 5.74) is 0.646. The van der Waals surface area contributed by atoms with Crippen molar-refractivity contribution in [3.63, 3.8) is 0 Å². The second-order valence-corrected chi connectivity index (χ2v) is 5.08. The zero-order valence-electron chi connectivity index (χ0n) is 14.1. The van der Waals surface area contributed by atoms with Crippen LogP contribution in [0.3, 0.4) is 0 Å². The van der Waals surface area contributed by atoms with Gasteiger partial charge in [0.2, 0.25) is 0 Å². The van der Waals surface area contributed by atoms with Crippen molar-refractivity contribution >= 4 is 23.5 Å². The quantitative estimate of drug-likeness (QED) is 0.759. The summed E-state index contributed by atoms with van der Waals surface area (Å²) in [6.07, 6.45) is 0. The SMILES string of the molecule is COC(=O)c1ccc(NC(=O)COC(=O)c2cc(OC)ccc2O)cc1. The minimum absolute atomic E-state index is 0.111. The van der Waals surface area contributed by atoms with Gasteiger partial charge in [-0.1, -0.05) is 0 Å². The molecule has 0 atom stereocenters. The largest absolute Gasteiger partial charge is 0.507 e. The van der Waals surface area contributed by atoms with Crippen LogP contribution in [-0.2, 0) is 14.3 Å². The van der Waals surface area contributed by atoms with E-state index in [1.165, 1.54) is 56.7 Å². The maximum Gasteiger partial charge on any atom is 0.342 e. The Morgan fingerprint density at radius 1 is 1.00 bits per heavy atom. The fourth-order valence-electron chi connectivity index (χ4n) is 2.02. The predicted octanol–water partition coefficient (Wildman–Crippen LogP) is 1.98. The van der Waals surface area contributed by atoms with Crippen molar-refractivity contribution in [3.05, 3.63) is 53.6 Å². The summed E-state index contributed by atoms with van der Waals surface area (Å²) in [6.45, 7) is -0.547. The van der Waals surface area contributed by atoms with Crippen LogP contribution in [0, 0.1) is 0 Å². The first-order valence-corrected chi connectivity index (χ1v) is 7.47. The Hall–Kier alpha value is -3.55. The lowest BCUT2D eigenvalue weighted by molar-refractivity contribution is -0.119. The third-order valence-corrected chi connectivity index (χ3v) is 3.35. The Morgan fingerprint density at radius 3 is 2.31 bits per heavy atom. The molecule has 0 bridgehead atoms. The number of esters is 2. The highest BCUT2D eigenvalue weighted by atomic mass is 16.5. The number of hydrogen-bond acceptors (Lipinski definition) is 7. The first-order chi connectivity index (χ1) is 12.4. The van der Waals surface area contributed by atoms with Crippen LogP contribution in [-0.4, -0.2) is 43.8 Å². The van der Waals surface area contributed by atoms with Gasteiger partial charge in [-0.15, -0.1) is 0 Å². The number of aromatic hydroxyl groups is 1. The molecule has 0 radical (unpaired) electrons. The Bertz CT molecular complexity index is 815. The van der Waals surface area contributed by atoms with Crippen molar-refractivity contribution in [1.82, 2.24) is 0 Å². The molecule has 136 valence electrons. The molecule has 1 amide bonds. The summed E-state index contributed by atoms with van der Waals surface area (Å²) in [6, 6.07) is 10.1. The highest BCUT2D eigenvalue weighted by Crippen LogP contribution is 2.23. The van der Waals surface area contributed by atoms with Gasteiger partial charge in [-0.3, -0.25) is 4.79 Å². The number of methoxy groups -OCH3 is 2. The summed E-state index contributed by atoms with van der Waals surface area (Å²) < 4.78 is 14.4. The smallest absolute Gasteiger partial charge is 0.342 e. The van der Waals surface area contributed by atoms with E-state index >= 15 is 0 Å². The summed E-state index contributed by atoms with van der Waals surface area (Å²) in [5.74, 6) is -1.85. The molecule has 0 unspecified atom stereocenters. The molecule has 2 N–H and O–H groups in total. The number of hydrogen-bond donors (Lipinski definition) is 2. The molecule has 0 aliphatic rings. The molecule has 0 saturated carbocycles. The summed E-state index contributed by atoms with van der Waals surface area (Å²) in [4.78, 5) is 35.2. The van der Waals surface area contributed by atoms with Gasteiger partial charge in [-0.25, -0.2) is 9.59 Å². The number of amides is 1. The van der Waals surface area contributed by atoms with Crippen LogP contribution in [0.15, 0.2) is 42.5 Å². The van der Waals surface area contributed by atoms with Gasteiger partial charge < -0.3 is 24.6 Å². The van der Waals surface area contributed by atoms with Gasteiger partial charge in [0.15, 0.2) is 6.61 Å². The molecule has 2 aromatic carbocycles. The second kappa shape index (κ2) is 8.52. The number of benzene rings is 2. The van der Waals surface area contributed by atoms with Crippen LogP contribution in [0.1, 0.15) is 20.7 Å². The molecule has 0 saturated heterocycles. The lowest BCUT2D eigenvalue weighted by Crippen LogP contribution is -2.21. The van der Waals surface area contributed by atoms with Gasteiger partial charge in [0.05, 0.1) is 19.8 Å². The third-order valence-electron chi connectivity index (χ3n) is 3.35. The van der Waals surface area contributed by atoms with Crippen molar-refractivity contribution < 1.29 is 33.7 Å². The molecule has 8 nitrogen and oxygen atoms in total. The van der Waals surface area contributed by atoms with Crippen LogP contribution in [0.25, 0.3) is 0 Å². The summed E-state index contributed by atoms with van der Waals surface area (Å²) >= 11 is 0. The normalized spacial score (nSPS) is 9.92. The number of phenols is 1. The van der Waals surface area contributed by atoms with Crippen LogP contribution >= 0.6 is 0 Å². The first-order valence-electron chi connectivity index (χ1n) is 7.47. The lowest BCUT2D eigenvalue weighted by atomic mass is 10.2. The Balaban J connectivity index is 1.92. The fourth-order valence-corrected chi connectivity index (χ4v) is 2.02. The second-order valence-electron chi connectivity index (χ2n) is 5.08. The maximum atomic E-state index is 12.0. The molecular formula is C18H17NO7. The van der Waals surface area contributed by atoms with Gasteiger partial charge in [0.25, 0.3) is 5.91 Å². The van der Waals surface area contributed by atoms with Crippen molar-refractivity contribution in [2.24, 2.45) is 0 Å². The minimum atomic E-state index is -0.863. The van der Waals surface area contributed by atoms with Gasteiger partial charge in [0, 0.05) is 5.69 Å². The van der Waals surface area contributed by atoms with E-state index in [0.717, 1.165) is 0 Å². The molecule has 26 heavy (non-hydrogen) atoms. The maximum absolute atomic E-state index is 12.0. The van der Waals surface area contributed by atoms with Crippen molar-refractivity contribution in [2.45, 2.75) is 0 Å². The van der Waals surface area contributed by atoms with Crippen LogP contribution in [0.5, 0.6) is 11.5 Å². The molecular weight excluding hydrogens is 342 g/mol. The van der Waals surface area contributed by atoms with E-state index in [0.29, 0.717) is 17.0 Å². The van der Waals surface area contributed by atoms with Gasteiger partial charge in [-0.05, 0) is 42.5 Å². The van der Waals surface area contributed by atoms with Crippen molar-refractivity contribution in [2.75, 3.05) is 26.1 Å². The monoisotopic (exact) mass is 359 g/mol. The third kappa shape index (κ3) is 4.73. The molecule has 0 fully saturated rings. The standard InChI is InChI=1S/C18H17NO7/c1-24-13-7-8-15(20)14(9-13)18(23)26-10-16(21)19-12-5-3-11(4-6-12)17(22)25-2/h3-9,20H,10H2,1-2H3,(H,19,21). The molecule has 2 aromatic rings. The van der Waals surface area contributed by atoms with E-state index in [4.69, 9.17) is 9.47 Å². The first kappa shape index (κ1) is 18.8. The Kier molecular flexibility index (Phi) is 6.15. The molecule has 2 rings (SSSR count). The molecule has 0 spiro atoms. The van der Waals surface area contributed by atoms with E-state index in [-0.39, 0.29) is 11.3 Å². The number of phenolic OH excluding ortho intramolecular Hbond substituents is 1. The number of carbonyl (C=O) groups is 3. The number of carbonyl (C=O) groups excluding carboxylic acids is 3. The Labute approximate surface area is 149 Å². The van der Waals surface area contributed by atoms with E-state index < -0.39 is 24.5 Å². The summed E-state index contributed by atoms with van der Waals surface area (Å²) in [7, 11) is 2.69. The molecule has 0 aliphatic heterocycles. The van der Waals surface area contributed by atoms with E-state index in [1.54, 1.807) is 0 Å². The predicted molar refractivity (Wildman–Crippen MR) is 91.4 cm³/mol. The molecule has 0 aromatic heterocycles. The summed E-state index contributed by atoms with van der Waals surface area (Å²) in [5, 5.41) is 12.2. The number of rotatable bonds is 6. The van der Waals surface area contributed by atoms with Crippen LogP contribution in [0.4, 0.5) is 5.69 Å². The van der Waals surface area contributed by atoms with Gasteiger partial charge >= 0.3 is 11.9 Å². The van der Waals surface area contributed by atoms with E-state index in [1.807, 2.05) is 0 Å². The minimum Gasteiger partial charge on any atom is -0.507 e. The van der Waals surface area contributed by atoms with E-state index in [2.05, 4.69) is 10.1 Å². The topological polar surface area (TPSA) is 111 Å². The van der Waals surface area contributed by atoms with Crippen molar-refractivity contribution in [1.29, 1.82) is 0 Å². The highest BCUT2D eigenvalue weighted by molar-refractivity contribution is 5.97. The number of anilines is 1.